The number of fused-ring (bicyclic) bond motifs is 3. The molecule has 5 rings (SSSR count). The van der Waals surface area contributed by atoms with Crippen LogP contribution in [-0.4, -0.2) is 0 Å². The van der Waals surface area contributed by atoms with E-state index in [9.17, 15) is 0 Å². The average molecular weight is 343 g/mol. The number of benzene rings is 2. The number of aromatic nitrogens is 1. The van der Waals surface area contributed by atoms with Gasteiger partial charge >= 0.3 is 0 Å². The molecule has 0 aliphatic carbocycles. The Morgan fingerprint density at radius 2 is 2.00 bits per heavy atom. The molecule has 120 valence electrons. The van der Waals surface area contributed by atoms with Gasteiger partial charge in [0.15, 0.2) is 11.9 Å². The fourth-order valence-corrected chi connectivity index (χ4v) is 4.87. The maximum absolute atomic E-state index is 7.38. The summed E-state index contributed by atoms with van der Waals surface area (Å²) in [7, 11) is 2.07. The van der Waals surface area contributed by atoms with E-state index in [0.29, 0.717) is 5.69 Å². The molecule has 1 aliphatic rings. The summed E-state index contributed by atoms with van der Waals surface area (Å²) in [4.78, 5) is 3.61. The molecule has 0 spiro atoms. The SMILES string of the molecule is [C-]#[N+]c1cc2c3c([n+](C)ccc3c1)-c1c(c(C)c3ccsc3c1C)O2. The maximum Gasteiger partial charge on any atom is 0.227 e. The average Bonchev–Trinajstić information content (AvgIpc) is 3.11. The van der Waals surface area contributed by atoms with Gasteiger partial charge in [-0.3, -0.25) is 0 Å². The number of pyridine rings is 1. The topological polar surface area (TPSA) is 17.5 Å². The van der Waals surface area contributed by atoms with E-state index in [1.165, 1.54) is 26.9 Å². The lowest BCUT2D eigenvalue weighted by molar-refractivity contribution is -0.659. The standard InChI is InChI=1S/C21H15N2OS/c1-11-15-6-8-25-21(15)12(2)17-19-18-13(5-7-23(19)4)9-14(22-3)10-16(18)24-20(11)17/h5-10H,1-2,4H3/q+1. The van der Waals surface area contributed by atoms with Gasteiger partial charge in [-0.15, -0.1) is 11.3 Å². The third-order valence-electron chi connectivity index (χ3n) is 5.12. The van der Waals surface area contributed by atoms with Gasteiger partial charge in [0.05, 0.1) is 17.5 Å². The summed E-state index contributed by atoms with van der Waals surface area (Å²) >= 11 is 1.78. The normalized spacial score (nSPS) is 12.1. The lowest BCUT2D eigenvalue weighted by Gasteiger charge is -2.23. The predicted molar refractivity (Wildman–Crippen MR) is 102 cm³/mol. The fraction of sp³-hybridized carbons (Fsp3) is 0.143. The first kappa shape index (κ1) is 14.4. The second kappa shape index (κ2) is 4.81. The molecule has 4 heteroatoms. The van der Waals surface area contributed by atoms with Gasteiger partial charge in [0.25, 0.3) is 0 Å². The highest BCUT2D eigenvalue weighted by Crippen LogP contribution is 2.51. The molecule has 4 aromatic rings. The van der Waals surface area contributed by atoms with Gasteiger partial charge in [-0.05, 0) is 53.8 Å². The summed E-state index contributed by atoms with van der Waals surface area (Å²) in [6.07, 6.45) is 2.07. The molecule has 0 saturated carbocycles. The lowest BCUT2D eigenvalue weighted by Crippen LogP contribution is -2.31. The molecule has 1 aliphatic heterocycles. The van der Waals surface area contributed by atoms with Gasteiger partial charge in [-0.1, -0.05) is 0 Å². The van der Waals surface area contributed by atoms with Crippen molar-refractivity contribution in [2.75, 3.05) is 0 Å². The lowest BCUT2D eigenvalue weighted by atomic mass is 9.92. The minimum atomic E-state index is 0.608. The Morgan fingerprint density at radius 3 is 2.80 bits per heavy atom. The third-order valence-corrected chi connectivity index (χ3v) is 6.15. The van der Waals surface area contributed by atoms with E-state index >= 15 is 0 Å². The first-order valence-electron chi connectivity index (χ1n) is 8.12. The fourth-order valence-electron chi connectivity index (χ4n) is 3.91. The minimum Gasteiger partial charge on any atom is -0.457 e. The molecule has 0 atom stereocenters. The van der Waals surface area contributed by atoms with E-state index in [4.69, 9.17) is 11.3 Å². The zero-order valence-electron chi connectivity index (χ0n) is 14.2. The highest BCUT2D eigenvalue weighted by molar-refractivity contribution is 7.17. The monoisotopic (exact) mass is 343 g/mol. The van der Waals surface area contributed by atoms with Crippen molar-refractivity contribution in [1.82, 2.24) is 0 Å². The van der Waals surface area contributed by atoms with Crippen LogP contribution in [0.4, 0.5) is 5.69 Å². The van der Waals surface area contributed by atoms with Crippen molar-refractivity contribution in [3.8, 4) is 22.8 Å². The summed E-state index contributed by atoms with van der Waals surface area (Å²) in [5.74, 6) is 1.69. The molecule has 3 nitrogen and oxygen atoms in total. The number of hydrogen-bond donors (Lipinski definition) is 0. The van der Waals surface area contributed by atoms with Crippen LogP contribution in [0.25, 0.3) is 37.0 Å². The van der Waals surface area contributed by atoms with Crippen LogP contribution in [0, 0.1) is 20.4 Å². The van der Waals surface area contributed by atoms with Crippen LogP contribution in [0.15, 0.2) is 35.8 Å². The molecule has 2 aromatic heterocycles. The van der Waals surface area contributed by atoms with Crippen LogP contribution < -0.4 is 9.30 Å². The van der Waals surface area contributed by atoms with Crippen molar-refractivity contribution in [2.24, 2.45) is 7.05 Å². The van der Waals surface area contributed by atoms with Crippen LogP contribution in [0.5, 0.6) is 11.5 Å². The second-order valence-electron chi connectivity index (χ2n) is 6.51. The van der Waals surface area contributed by atoms with Crippen LogP contribution in [0.3, 0.4) is 0 Å². The second-order valence-corrected chi connectivity index (χ2v) is 7.43. The Labute approximate surface area is 149 Å². The van der Waals surface area contributed by atoms with Crippen molar-refractivity contribution in [3.63, 3.8) is 0 Å². The van der Waals surface area contributed by atoms with Crippen LogP contribution in [0.1, 0.15) is 11.1 Å². The molecule has 0 N–H and O–H groups in total. The quantitative estimate of drug-likeness (QED) is 0.256. The van der Waals surface area contributed by atoms with Crippen molar-refractivity contribution in [1.29, 1.82) is 0 Å². The van der Waals surface area contributed by atoms with Gasteiger partial charge in [0, 0.05) is 16.3 Å². The number of aryl methyl sites for hydroxylation is 3. The number of ether oxygens (including phenoxy) is 1. The highest BCUT2D eigenvalue weighted by Gasteiger charge is 2.32. The molecular weight excluding hydrogens is 328 g/mol. The summed E-state index contributed by atoms with van der Waals surface area (Å²) in [6, 6.07) is 8.01. The molecule has 0 amide bonds. The number of hydrogen-bond acceptors (Lipinski definition) is 2. The van der Waals surface area contributed by atoms with Crippen molar-refractivity contribution in [3.05, 3.63) is 58.4 Å². The minimum absolute atomic E-state index is 0.608. The van der Waals surface area contributed by atoms with Gasteiger partial charge in [-0.25, -0.2) is 9.41 Å². The van der Waals surface area contributed by atoms with Gasteiger partial charge in [-0.2, -0.15) is 0 Å². The summed E-state index contributed by atoms with van der Waals surface area (Å²) < 4.78 is 9.87. The largest absolute Gasteiger partial charge is 0.457 e. The van der Waals surface area contributed by atoms with Crippen LogP contribution in [-0.2, 0) is 7.05 Å². The van der Waals surface area contributed by atoms with E-state index in [1.807, 2.05) is 12.1 Å². The zero-order valence-corrected chi connectivity index (χ0v) is 15.0. The van der Waals surface area contributed by atoms with Gasteiger partial charge < -0.3 is 4.74 Å². The van der Waals surface area contributed by atoms with E-state index in [0.717, 1.165) is 27.8 Å². The van der Waals surface area contributed by atoms with E-state index < -0.39 is 0 Å². The Morgan fingerprint density at radius 1 is 1.16 bits per heavy atom. The number of nitrogens with zero attached hydrogens (tertiary/aromatic N) is 2. The molecule has 0 bridgehead atoms. The molecule has 0 radical (unpaired) electrons. The van der Waals surface area contributed by atoms with Crippen LogP contribution in [0.2, 0.25) is 0 Å². The molecule has 0 unspecified atom stereocenters. The first-order chi connectivity index (χ1) is 12.1. The smallest absolute Gasteiger partial charge is 0.227 e. The summed E-state index contributed by atoms with van der Waals surface area (Å²) in [6.45, 7) is 11.7. The highest BCUT2D eigenvalue weighted by atomic mass is 32.1. The third kappa shape index (κ3) is 1.76. The molecular formula is C21H15N2OS+. The van der Waals surface area contributed by atoms with E-state index in [1.54, 1.807) is 11.3 Å². The first-order valence-corrected chi connectivity index (χ1v) is 9.00. The summed E-state index contributed by atoms with van der Waals surface area (Å²) in [5.41, 5.74) is 5.36. The van der Waals surface area contributed by atoms with Gasteiger partial charge in [0.1, 0.15) is 18.5 Å². The Bertz CT molecular complexity index is 1260. The van der Waals surface area contributed by atoms with Crippen molar-refractivity contribution < 1.29 is 9.30 Å². The molecule has 2 aromatic carbocycles. The molecule has 3 heterocycles. The number of rotatable bonds is 0. The Balaban J connectivity index is 2.04. The molecule has 0 saturated heterocycles. The zero-order chi connectivity index (χ0) is 17.3. The predicted octanol–water partition coefficient (Wildman–Crippen LogP) is 5.82. The van der Waals surface area contributed by atoms with E-state index in [-0.39, 0.29) is 0 Å². The summed E-state index contributed by atoms with van der Waals surface area (Å²) in [5, 5.41) is 5.52. The van der Waals surface area contributed by atoms with Crippen molar-refractivity contribution in [2.45, 2.75) is 13.8 Å². The van der Waals surface area contributed by atoms with Crippen molar-refractivity contribution >= 4 is 37.9 Å². The Hall–Kier alpha value is -2.90. The maximum atomic E-state index is 7.38. The molecule has 25 heavy (non-hydrogen) atoms. The number of thiophene rings is 1. The Kier molecular flexibility index (Phi) is 2.78. The molecule has 0 fully saturated rings. The van der Waals surface area contributed by atoms with E-state index in [2.05, 4.69) is 54.0 Å². The van der Waals surface area contributed by atoms with Gasteiger partial charge in [0.2, 0.25) is 5.69 Å². The van der Waals surface area contributed by atoms with Crippen LogP contribution >= 0.6 is 11.3 Å².